The lowest BCUT2D eigenvalue weighted by molar-refractivity contribution is -0.134. The molecule has 2 saturated heterocycles. The number of amides is 2. The highest BCUT2D eigenvalue weighted by Gasteiger charge is 2.58. The lowest BCUT2D eigenvalue weighted by Gasteiger charge is -2.47. The van der Waals surface area contributed by atoms with E-state index in [0.717, 1.165) is 33.9 Å². The Hall–Kier alpha value is -3.39. The van der Waals surface area contributed by atoms with Crippen molar-refractivity contribution in [1.82, 2.24) is 20.3 Å². The van der Waals surface area contributed by atoms with E-state index in [-0.39, 0.29) is 11.8 Å². The third-order valence-corrected chi connectivity index (χ3v) is 6.99. The van der Waals surface area contributed by atoms with Gasteiger partial charge in [0, 0.05) is 43.4 Å². The SMILES string of the molecule is Cc1noc(C)c1C1=CC=C2NC(=O)C(c3ccccc3)(N3CCN(C(=O)O)CC3)C2C1. The van der Waals surface area contributed by atoms with Crippen molar-refractivity contribution < 1.29 is 19.2 Å². The molecule has 2 N–H and O–H groups in total. The summed E-state index contributed by atoms with van der Waals surface area (Å²) in [6, 6.07) is 9.85. The van der Waals surface area contributed by atoms with Crippen LogP contribution in [0.1, 0.15) is 29.0 Å². The third-order valence-electron chi connectivity index (χ3n) is 6.99. The second-order valence-electron chi connectivity index (χ2n) is 8.61. The van der Waals surface area contributed by atoms with E-state index in [4.69, 9.17) is 4.52 Å². The van der Waals surface area contributed by atoms with E-state index in [1.165, 1.54) is 4.90 Å². The first-order chi connectivity index (χ1) is 15.4. The highest BCUT2D eigenvalue weighted by atomic mass is 16.5. The van der Waals surface area contributed by atoms with Crippen LogP contribution in [0.3, 0.4) is 0 Å². The fourth-order valence-corrected chi connectivity index (χ4v) is 5.54. The maximum Gasteiger partial charge on any atom is 0.407 e. The van der Waals surface area contributed by atoms with E-state index >= 15 is 0 Å². The first kappa shape index (κ1) is 20.5. The molecule has 3 aliphatic rings. The maximum atomic E-state index is 13.7. The monoisotopic (exact) mass is 434 g/mol. The lowest BCUT2D eigenvalue weighted by atomic mass is 9.72. The molecular formula is C24H26N4O4. The van der Waals surface area contributed by atoms with Crippen LogP contribution in [-0.4, -0.2) is 58.2 Å². The molecule has 166 valence electrons. The van der Waals surface area contributed by atoms with Crippen LogP contribution in [0.5, 0.6) is 0 Å². The Bertz CT molecular complexity index is 1110. The first-order valence-electron chi connectivity index (χ1n) is 10.9. The zero-order valence-electron chi connectivity index (χ0n) is 18.2. The molecule has 0 radical (unpaired) electrons. The molecule has 1 aromatic heterocycles. The standard InChI is InChI=1S/C24H26N4O4/c1-15-21(16(2)32-26-15)17-8-9-20-19(14-17)24(22(29)25-20,18-6-4-3-5-7-18)28-12-10-27(11-13-28)23(30)31/h3-9,19H,10-14H2,1-2H3,(H,25,29)(H,30,31). The zero-order valence-corrected chi connectivity index (χ0v) is 18.2. The van der Waals surface area contributed by atoms with Crippen LogP contribution in [0.4, 0.5) is 4.79 Å². The molecule has 8 nitrogen and oxygen atoms in total. The number of piperazine rings is 1. The number of fused-ring (bicyclic) bond motifs is 1. The van der Waals surface area contributed by atoms with Crippen LogP contribution < -0.4 is 5.32 Å². The number of carbonyl (C=O) groups excluding carboxylic acids is 1. The average molecular weight is 434 g/mol. The van der Waals surface area contributed by atoms with Crippen LogP contribution in [0, 0.1) is 19.8 Å². The number of hydrogen-bond donors (Lipinski definition) is 2. The molecule has 2 unspecified atom stereocenters. The fourth-order valence-electron chi connectivity index (χ4n) is 5.54. The minimum Gasteiger partial charge on any atom is -0.465 e. The number of carbonyl (C=O) groups is 2. The van der Waals surface area contributed by atoms with Crippen molar-refractivity contribution in [1.29, 1.82) is 0 Å². The van der Waals surface area contributed by atoms with Crippen LogP contribution in [0.2, 0.25) is 0 Å². The van der Waals surface area contributed by atoms with Gasteiger partial charge in [-0.2, -0.15) is 0 Å². The summed E-state index contributed by atoms with van der Waals surface area (Å²) in [4.78, 5) is 28.8. The second kappa shape index (κ2) is 7.63. The number of aromatic nitrogens is 1. The van der Waals surface area contributed by atoms with E-state index in [1.54, 1.807) is 0 Å². The van der Waals surface area contributed by atoms with Gasteiger partial charge in [-0.05, 0) is 37.5 Å². The van der Waals surface area contributed by atoms with Crippen molar-refractivity contribution >= 4 is 17.6 Å². The minimum atomic E-state index is -0.920. The highest BCUT2D eigenvalue weighted by Crippen LogP contribution is 2.50. The molecule has 5 rings (SSSR count). The van der Waals surface area contributed by atoms with Crippen LogP contribution >= 0.6 is 0 Å². The van der Waals surface area contributed by atoms with Gasteiger partial charge in [0.1, 0.15) is 11.3 Å². The van der Waals surface area contributed by atoms with Gasteiger partial charge < -0.3 is 19.8 Å². The molecule has 0 bridgehead atoms. The Morgan fingerprint density at radius 2 is 1.88 bits per heavy atom. The highest BCUT2D eigenvalue weighted by molar-refractivity contribution is 5.94. The fraction of sp³-hybridized carbons (Fsp3) is 0.375. The second-order valence-corrected chi connectivity index (χ2v) is 8.61. The van der Waals surface area contributed by atoms with Gasteiger partial charge >= 0.3 is 6.09 Å². The summed E-state index contributed by atoms with van der Waals surface area (Å²) in [5, 5.41) is 16.6. The lowest BCUT2D eigenvalue weighted by Crippen LogP contribution is -2.61. The van der Waals surface area contributed by atoms with Crippen molar-refractivity contribution in [2.75, 3.05) is 26.2 Å². The van der Waals surface area contributed by atoms with E-state index in [2.05, 4.69) is 15.4 Å². The molecule has 8 heteroatoms. The van der Waals surface area contributed by atoms with Crippen LogP contribution in [0.25, 0.3) is 5.57 Å². The quantitative estimate of drug-likeness (QED) is 0.771. The molecule has 2 aromatic rings. The number of nitrogens with one attached hydrogen (secondary N) is 1. The number of carboxylic acid groups (broad SMARTS) is 1. The number of benzene rings is 1. The van der Waals surface area contributed by atoms with Crippen molar-refractivity contribution in [2.24, 2.45) is 5.92 Å². The molecule has 1 aliphatic carbocycles. The molecule has 2 amide bonds. The molecule has 2 fully saturated rings. The number of allylic oxidation sites excluding steroid dienone is 3. The van der Waals surface area contributed by atoms with Gasteiger partial charge in [0.15, 0.2) is 0 Å². The summed E-state index contributed by atoms with van der Waals surface area (Å²) in [7, 11) is 0. The minimum absolute atomic E-state index is 0.0582. The van der Waals surface area contributed by atoms with Crippen molar-refractivity contribution in [3.63, 3.8) is 0 Å². The van der Waals surface area contributed by atoms with Crippen LogP contribution in [-0.2, 0) is 10.3 Å². The topological polar surface area (TPSA) is 98.9 Å². The van der Waals surface area contributed by atoms with Gasteiger partial charge in [-0.15, -0.1) is 0 Å². The van der Waals surface area contributed by atoms with E-state index < -0.39 is 11.6 Å². The molecule has 2 atom stereocenters. The Labute approximate surface area is 186 Å². The van der Waals surface area contributed by atoms with E-state index in [9.17, 15) is 14.7 Å². The van der Waals surface area contributed by atoms with Gasteiger partial charge in [0.2, 0.25) is 5.91 Å². The van der Waals surface area contributed by atoms with Gasteiger partial charge in [0.05, 0.1) is 5.69 Å². The third kappa shape index (κ3) is 2.97. The van der Waals surface area contributed by atoms with Crippen LogP contribution in [0.15, 0.2) is 52.7 Å². The summed E-state index contributed by atoms with van der Waals surface area (Å²) in [5.74, 6) is 0.586. The van der Waals surface area contributed by atoms with Gasteiger partial charge in [-0.1, -0.05) is 41.6 Å². The van der Waals surface area contributed by atoms with Gasteiger partial charge in [0.25, 0.3) is 0 Å². The molecule has 1 aromatic carbocycles. The predicted molar refractivity (Wildman–Crippen MR) is 118 cm³/mol. The van der Waals surface area contributed by atoms with E-state index in [0.29, 0.717) is 32.6 Å². The Kier molecular flexibility index (Phi) is 4.89. The number of aryl methyl sites for hydroxylation is 2. The van der Waals surface area contributed by atoms with Crippen molar-refractivity contribution in [2.45, 2.75) is 25.8 Å². The maximum absolute atomic E-state index is 13.7. The Morgan fingerprint density at radius 3 is 2.50 bits per heavy atom. The molecular weight excluding hydrogens is 408 g/mol. The largest absolute Gasteiger partial charge is 0.465 e. The molecule has 2 aliphatic heterocycles. The summed E-state index contributed by atoms with van der Waals surface area (Å²) < 4.78 is 5.40. The average Bonchev–Trinajstić information content (AvgIpc) is 3.29. The Morgan fingerprint density at radius 1 is 1.16 bits per heavy atom. The number of hydrogen-bond acceptors (Lipinski definition) is 5. The smallest absolute Gasteiger partial charge is 0.407 e. The summed E-state index contributed by atoms with van der Waals surface area (Å²) in [6.07, 6.45) is 3.77. The summed E-state index contributed by atoms with van der Waals surface area (Å²) >= 11 is 0. The van der Waals surface area contributed by atoms with Gasteiger partial charge in [-0.3, -0.25) is 9.69 Å². The van der Waals surface area contributed by atoms with Crippen molar-refractivity contribution in [3.8, 4) is 0 Å². The number of rotatable bonds is 3. The van der Waals surface area contributed by atoms with E-state index in [1.807, 2.05) is 56.3 Å². The molecule has 32 heavy (non-hydrogen) atoms. The molecule has 0 saturated carbocycles. The number of nitrogens with zero attached hydrogens (tertiary/aromatic N) is 3. The normalized spacial score (nSPS) is 25.8. The summed E-state index contributed by atoms with van der Waals surface area (Å²) in [6.45, 7) is 5.55. The molecule has 0 spiro atoms. The first-order valence-corrected chi connectivity index (χ1v) is 10.9. The van der Waals surface area contributed by atoms with Crippen molar-refractivity contribution in [3.05, 3.63) is 70.8 Å². The zero-order chi connectivity index (χ0) is 22.5. The predicted octanol–water partition coefficient (Wildman–Crippen LogP) is 2.90. The molecule has 3 heterocycles. The summed E-state index contributed by atoms with van der Waals surface area (Å²) in [5.41, 5.74) is 3.84. The Balaban J connectivity index is 1.58. The van der Waals surface area contributed by atoms with Gasteiger partial charge in [-0.25, -0.2) is 4.79 Å².